The van der Waals surface area contributed by atoms with Gasteiger partial charge in [-0.15, -0.1) is 0 Å². The number of anilines is 2. The predicted molar refractivity (Wildman–Crippen MR) is 118 cm³/mol. The molecule has 1 fully saturated rings. The molecule has 5 heteroatoms. The van der Waals surface area contributed by atoms with Crippen LogP contribution in [0.4, 0.5) is 11.4 Å². The Hall–Kier alpha value is -3.34. The Morgan fingerprint density at radius 2 is 1.93 bits per heavy atom. The van der Waals surface area contributed by atoms with Crippen LogP contribution >= 0.6 is 0 Å². The lowest BCUT2D eigenvalue weighted by atomic mass is 10.0. The predicted octanol–water partition coefficient (Wildman–Crippen LogP) is 4.26. The zero-order valence-electron chi connectivity index (χ0n) is 16.4. The minimum atomic E-state index is -0.117. The van der Waals surface area contributed by atoms with Crippen molar-refractivity contribution < 1.29 is 4.79 Å². The van der Waals surface area contributed by atoms with Gasteiger partial charge < -0.3 is 15.2 Å². The third kappa shape index (κ3) is 3.23. The third-order valence-corrected chi connectivity index (χ3v) is 5.89. The van der Waals surface area contributed by atoms with E-state index in [1.54, 1.807) is 6.07 Å². The Kier molecular flexibility index (Phi) is 4.23. The summed E-state index contributed by atoms with van der Waals surface area (Å²) in [5, 5.41) is 4.00. The van der Waals surface area contributed by atoms with Crippen LogP contribution in [0.3, 0.4) is 0 Å². The molecule has 0 spiro atoms. The molecule has 2 aliphatic rings. The fourth-order valence-electron chi connectivity index (χ4n) is 4.39. The van der Waals surface area contributed by atoms with Crippen LogP contribution in [0.1, 0.15) is 39.9 Å². The lowest BCUT2D eigenvalue weighted by molar-refractivity contribution is 0.102. The normalized spacial score (nSPS) is 15.1. The summed E-state index contributed by atoms with van der Waals surface area (Å²) in [5.41, 5.74) is 6.44. The number of H-pyrrole nitrogens is 1. The molecule has 1 aromatic heterocycles. The first-order valence-corrected chi connectivity index (χ1v) is 10.1. The van der Waals surface area contributed by atoms with Gasteiger partial charge >= 0.3 is 0 Å². The smallest absolute Gasteiger partial charge is 0.257 e. The highest BCUT2D eigenvalue weighted by molar-refractivity contribution is 6.09. The van der Waals surface area contributed by atoms with E-state index in [1.807, 2.05) is 31.2 Å². The first-order chi connectivity index (χ1) is 14.1. The van der Waals surface area contributed by atoms with E-state index < -0.39 is 0 Å². The van der Waals surface area contributed by atoms with Crippen molar-refractivity contribution >= 4 is 34.3 Å². The third-order valence-electron chi connectivity index (χ3n) is 5.89. The van der Waals surface area contributed by atoms with Crippen LogP contribution in [0.2, 0.25) is 0 Å². The molecule has 2 heterocycles. The van der Waals surface area contributed by atoms with E-state index >= 15 is 0 Å². The monoisotopic (exact) mass is 385 g/mol. The second kappa shape index (κ2) is 6.92. The van der Waals surface area contributed by atoms with Gasteiger partial charge in [0.05, 0.1) is 11.3 Å². The standard InChI is InChI=1S/C24H23N3O2/c1-15-11-23(28)26-21-8-7-18(14-19(15)21)25-24(29)20-12-16-5-4-6-17(16)13-22(20)27-9-2-3-10-27/h4,6-8,11-14H,2-3,5,9-10H2,1H3,(H,25,29)(H,26,28). The van der Waals surface area contributed by atoms with Gasteiger partial charge in [-0.2, -0.15) is 0 Å². The molecule has 1 aliphatic heterocycles. The molecule has 29 heavy (non-hydrogen) atoms. The zero-order valence-corrected chi connectivity index (χ0v) is 16.4. The van der Waals surface area contributed by atoms with E-state index in [2.05, 4.69) is 33.4 Å². The second-order valence-electron chi connectivity index (χ2n) is 7.90. The first kappa shape index (κ1) is 17.7. The highest BCUT2D eigenvalue weighted by Crippen LogP contribution is 2.32. The van der Waals surface area contributed by atoms with Crippen LogP contribution in [0, 0.1) is 6.92 Å². The van der Waals surface area contributed by atoms with Crippen LogP contribution in [-0.4, -0.2) is 24.0 Å². The highest BCUT2D eigenvalue weighted by Gasteiger charge is 2.22. The van der Waals surface area contributed by atoms with E-state index in [4.69, 9.17) is 0 Å². The molecule has 2 N–H and O–H groups in total. The number of hydrogen-bond acceptors (Lipinski definition) is 3. The van der Waals surface area contributed by atoms with Gasteiger partial charge in [0.1, 0.15) is 0 Å². The van der Waals surface area contributed by atoms with E-state index in [9.17, 15) is 9.59 Å². The number of amides is 1. The van der Waals surface area contributed by atoms with Gasteiger partial charge in [-0.25, -0.2) is 0 Å². The molecule has 1 saturated heterocycles. The van der Waals surface area contributed by atoms with Crippen molar-refractivity contribution in [3.05, 3.63) is 75.1 Å². The van der Waals surface area contributed by atoms with Crippen molar-refractivity contribution in [3.8, 4) is 0 Å². The summed E-state index contributed by atoms with van der Waals surface area (Å²) in [6.45, 7) is 3.89. The maximum Gasteiger partial charge on any atom is 0.257 e. The molecule has 0 atom stereocenters. The van der Waals surface area contributed by atoms with Gasteiger partial charge in [0.15, 0.2) is 0 Å². The second-order valence-corrected chi connectivity index (χ2v) is 7.90. The number of rotatable bonds is 3. The number of aryl methyl sites for hydroxylation is 1. The van der Waals surface area contributed by atoms with Gasteiger partial charge in [-0.1, -0.05) is 12.2 Å². The molecule has 146 valence electrons. The Morgan fingerprint density at radius 3 is 2.76 bits per heavy atom. The molecule has 2 aromatic carbocycles. The molecule has 1 aliphatic carbocycles. The minimum Gasteiger partial charge on any atom is -0.371 e. The fraction of sp³-hybridized carbons (Fsp3) is 0.250. The van der Waals surface area contributed by atoms with E-state index in [1.165, 1.54) is 11.1 Å². The number of carbonyl (C=O) groups is 1. The maximum absolute atomic E-state index is 13.3. The number of fused-ring (bicyclic) bond motifs is 2. The van der Waals surface area contributed by atoms with Gasteiger partial charge in [0.25, 0.3) is 5.91 Å². The molecule has 0 saturated carbocycles. The van der Waals surface area contributed by atoms with Gasteiger partial charge in [0, 0.05) is 35.7 Å². The van der Waals surface area contributed by atoms with E-state index in [-0.39, 0.29) is 11.5 Å². The summed E-state index contributed by atoms with van der Waals surface area (Å²) in [5.74, 6) is -0.0944. The van der Waals surface area contributed by atoms with Crippen LogP contribution in [0.25, 0.3) is 17.0 Å². The summed E-state index contributed by atoms with van der Waals surface area (Å²) in [6, 6.07) is 11.4. The summed E-state index contributed by atoms with van der Waals surface area (Å²) >= 11 is 0. The molecule has 0 radical (unpaired) electrons. The van der Waals surface area contributed by atoms with E-state index in [0.717, 1.165) is 65.8 Å². The number of aromatic amines is 1. The average Bonchev–Trinajstić information content (AvgIpc) is 3.38. The van der Waals surface area contributed by atoms with Crippen molar-refractivity contribution in [3.63, 3.8) is 0 Å². The van der Waals surface area contributed by atoms with Crippen molar-refractivity contribution in [2.75, 3.05) is 23.3 Å². The van der Waals surface area contributed by atoms with Crippen LogP contribution < -0.4 is 15.8 Å². The summed E-state index contributed by atoms with van der Waals surface area (Å²) in [6.07, 6.45) is 7.49. The summed E-state index contributed by atoms with van der Waals surface area (Å²) in [7, 11) is 0. The van der Waals surface area contributed by atoms with E-state index in [0.29, 0.717) is 0 Å². The largest absolute Gasteiger partial charge is 0.371 e. The van der Waals surface area contributed by atoms with Gasteiger partial charge in [-0.3, -0.25) is 9.59 Å². The van der Waals surface area contributed by atoms with Crippen LogP contribution in [0.5, 0.6) is 0 Å². The molecular weight excluding hydrogens is 362 g/mol. The number of aromatic nitrogens is 1. The van der Waals surface area contributed by atoms with Crippen LogP contribution in [-0.2, 0) is 6.42 Å². The molecule has 3 aromatic rings. The number of benzene rings is 2. The highest BCUT2D eigenvalue weighted by atomic mass is 16.1. The molecule has 0 unspecified atom stereocenters. The van der Waals surface area contributed by atoms with Crippen molar-refractivity contribution in [1.29, 1.82) is 0 Å². The van der Waals surface area contributed by atoms with Crippen molar-refractivity contribution in [1.82, 2.24) is 4.98 Å². The van der Waals surface area contributed by atoms with Gasteiger partial charge in [0.2, 0.25) is 5.56 Å². The van der Waals surface area contributed by atoms with Crippen LogP contribution in [0.15, 0.2) is 47.3 Å². The molecular formula is C24H23N3O2. The SMILES string of the molecule is Cc1cc(=O)[nH]c2ccc(NC(=O)c3cc4c(cc3N3CCCC3)C=CC4)cc12. The minimum absolute atomic E-state index is 0.0944. The Balaban J connectivity index is 1.51. The zero-order chi connectivity index (χ0) is 20.0. The molecule has 1 amide bonds. The lowest BCUT2D eigenvalue weighted by Crippen LogP contribution is -2.23. The Morgan fingerprint density at radius 1 is 1.10 bits per heavy atom. The maximum atomic E-state index is 13.3. The number of nitrogens with one attached hydrogen (secondary N) is 2. The molecule has 5 nitrogen and oxygen atoms in total. The quantitative estimate of drug-likeness (QED) is 0.708. The average molecular weight is 385 g/mol. The topological polar surface area (TPSA) is 65.2 Å². The Bertz CT molecular complexity index is 1220. The molecule has 0 bridgehead atoms. The number of carbonyl (C=O) groups excluding carboxylic acids is 1. The van der Waals surface area contributed by atoms with Crippen molar-refractivity contribution in [2.45, 2.75) is 26.2 Å². The first-order valence-electron chi connectivity index (χ1n) is 10.1. The summed E-state index contributed by atoms with van der Waals surface area (Å²) in [4.78, 5) is 30.1. The fourth-order valence-corrected chi connectivity index (χ4v) is 4.39. The Labute approximate surface area is 169 Å². The summed E-state index contributed by atoms with van der Waals surface area (Å²) < 4.78 is 0. The number of allylic oxidation sites excluding steroid dienone is 1. The molecule has 5 rings (SSSR count). The van der Waals surface area contributed by atoms with Crippen molar-refractivity contribution in [2.24, 2.45) is 0 Å². The lowest BCUT2D eigenvalue weighted by Gasteiger charge is -2.22. The van der Waals surface area contributed by atoms with Gasteiger partial charge in [-0.05, 0) is 73.2 Å². The number of nitrogens with zero attached hydrogens (tertiary/aromatic N) is 1. The number of hydrogen-bond donors (Lipinski definition) is 2. The number of pyridine rings is 1.